The summed E-state index contributed by atoms with van der Waals surface area (Å²) in [7, 11) is 3.28. The highest BCUT2D eigenvalue weighted by Crippen LogP contribution is 2.63. The third kappa shape index (κ3) is 2.81. The molecule has 1 aromatic carbocycles. The quantitative estimate of drug-likeness (QED) is 0.696. The number of nitrogens with zero attached hydrogens (tertiary/aromatic N) is 2. The van der Waals surface area contributed by atoms with E-state index in [9.17, 15) is 0 Å². The van der Waals surface area contributed by atoms with Crippen molar-refractivity contribution in [1.29, 1.82) is 0 Å². The van der Waals surface area contributed by atoms with Gasteiger partial charge in [-0.2, -0.15) is 5.10 Å². The van der Waals surface area contributed by atoms with Crippen molar-refractivity contribution in [2.24, 2.45) is 21.8 Å². The fraction of sp³-hybridized carbons (Fsp3) is 0.524. The van der Waals surface area contributed by atoms with Gasteiger partial charge in [-0.05, 0) is 48.8 Å². The van der Waals surface area contributed by atoms with Crippen molar-refractivity contribution in [3.05, 3.63) is 23.6 Å². The van der Waals surface area contributed by atoms with Crippen LogP contribution in [-0.2, 0) is 0 Å². The van der Waals surface area contributed by atoms with E-state index in [4.69, 9.17) is 19.6 Å². The lowest BCUT2D eigenvalue weighted by Gasteiger charge is -2.34. The maximum absolute atomic E-state index is 5.39. The monoisotopic (exact) mass is 385 g/mol. The van der Waals surface area contributed by atoms with Gasteiger partial charge in [0, 0.05) is 22.1 Å². The average Bonchev–Trinajstić information content (AvgIpc) is 3.28. The Balaban J connectivity index is 1.53. The summed E-state index contributed by atoms with van der Waals surface area (Å²) in [6.07, 6.45) is 3.66. The van der Waals surface area contributed by atoms with Crippen LogP contribution in [0.25, 0.3) is 11.3 Å². The number of ether oxygens (including phenoxy) is 2. The fourth-order valence-corrected chi connectivity index (χ4v) is 5.33. The summed E-state index contributed by atoms with van der Waals surface area (Å²) < 4.78 is 10.7. The lowest BCUT2D eigenvalue weighted by molar-refractivity contribution is 0.194. The van der Waals surface area contributed by atoms with Gasteiger partial charge in [0.05, 0.1) is 19.9 Å². The molecule has 1 aromatic heterocycles. The molecule has 1 N–H and O–H groups in total. The largest absolute Gasteiger partial charge is 0.493 e. The highest BCUT2D eigenvalue weighted by molar-refractivity contribution is 7.14. The number of hydrogen-bond donors (Lipinski definition) is 1. The van der Waals surface area contributed by atoms with E-state index in [0.29, 0.717) is 16.9 Å². The number of hydrogen-bond acceptors (Lipinski definition) is 6. The number of rotatable bonds is 5. The normalized spacial score (nSPS) is 27.1. The van der Waals surface area contributed by atoms with Crippen LogP contribution in [-0.4, -0.2) is 24.9 Å². The van der Waals surface area contributed by atoms with Gasteiger partial charge < -0.3 is 9.47 Å². The Labute approximate surface area is 164 Å². The van der Waals surface area contributed by atoms with Gasteiger partial charge in [0.25, 0.3) is 0 Å². The molecule has 1 heterocycles. The van der Waals surface area contributed by atoms with Crippen LogP contribution >= 0.6 is 11.3 Å². The molecule has 5 nitrogen and oxygen atoms in total. The summed E-state index contributed by atoms with van der Waals surface area (Å²) in [4.78, 5) is 4.70. The Morgan fingerprint density at radius 3 is 2.59 bits per heavy atom. The summed E-state index contributed by atoms with van der Waals surface area (Å²) in [5.41, 5.74) is 6.95. The second kappa shape index (κ2) is 6.51. The molecule has 6 heteroatoms. The number of hydrazone groups is 1. The molecule has 2 bridgehead atoms. The molecule has 0 saturated heterocycles. The molecule has 2 aromatic rings. The van der Waals surface area contributed by atoms with Crippen molar-refractivity contribution < 1.29 is 9.47 Å². The number of fused-ring (bicyclic) bond motifs is 2. The van der Waals surface area contributed by atoms with Crippen LogP contribution < -0.4 is 14.9 Å². The van der Waals surface area contributed by atoms with Crippen molar-refractivity contribution in [2.45, 2.75) is 40.0 Å². The lowest BCUT2D eigenvalue weighted by atomic mass is 9.70. The minimum absolute atomic E-state index is 0.202. The molecule has 0 spiro atoms. The fourth-order valence-electron chi connectivity index (χ4n) is 4.67. The predicted molar refractivity (Wildman–Crippen MR) is 111 cm³/mol. The van der Waals surface area contributed by atoms with Crippen molar-refractivity contribution in [3.63, 3.8) is 0 Å². The van der Waals surface area contributed by atoms with E-state index in [1.165, 1.54) is 18.6 Å². The molecule has 0 aliphatic heterocycles. The number of aromatic nitrogens is 1. The molecular weight excluding hydrogens is 358 g/mol. The molecule has 2 aliphatic rings. The highest BCUT2D eigenvalue weighted by atomic mass is 32.1. The summed E-state index contributed by atoms with van der Waals surface area (Å²) in [5.74, 6) is 2.17. The first kappa shape index (κ1) is 18.3. The van der Waals surface area contributed by atoms with Gasteiger partial charge in [-0.1, -0.05) is 20.8 Å². The van der Waals surface area contributed by atoms with Crippen LogP contribution in [0.4, 0.5) is 5.13 Å². The van der Waals surface area contributed by atoms with Crippen LogP contribution in [0, 0.1) is 16.7 Å². The van der Waals surface area contributed by atoms with Crippen molar-refractivity contribution in [2.75, 3.05) is 19.6 Å². The smallest absolute Gasteiger partial charge is 0.203 e. The SMILES string of the molecule is COc1ccc(-c2csc(N/N=C3\CC4CCC3(C)C4(C)C)n2)cc1OC. The third-order valence-corrected chi connectivity index (χ3v) is 7.73. The molecule has 0 radical (unpaired) electrons. The van der Waals surface area contributed by atoms with Gasteiger partial charge >= 0.3 is 0 Å². The summed E-state index contributed by atoms with van der Waals surface area (Å²) in [6, 6.07) is 5.84. The number of methoxy groups -OCH3 is 2. The molecule has 0 amide bonds. The van der Waals surface area contributed by atoms with E-state index < -0.39 is 0 Å². The van der Waals surface area contributed by atoms with Crippen LogP contribution in [0.1, 0.15) is 40.0 Å². The van der Waals surface area contributed by atoms with E-state index in [2.05, 4.69) is 26.2 Å². The summed E-state index contributed by atoms with van der Waals surface area (Å²) >= 11 is 1.57. The Morgan fingerprint density at radius 1 is 1.19 bits per heavy atom. The minimum Gasteiger partial charge on any atom is -0.493 e. The van der Waals surface area contributed by atoms with E-state index in [0.717, 1.165) is 28.7 Å². The van der Waals surface area contributed by atoms with Crippen molar-refractivity contribution >= 4 is 22.2 Å². The molecule has 2 saturated carbocycles. The number of nitrogens with one attached hydrogen (secondary N) is 1. The maximum atomic E-state index is 5.39. The lowest BCUT2D eigenvalue weighted by Crippen LogP contribution is -2.32. The van der Waals surface area contributed by atoms with E-state index >= 15 is 0 Å². The van der Waals surface area contributed by atoms with Gasteiger partial charge in [-0.15, -0.1) is 11.3 Å². The van der Waals surface area contributed by atoms with Gasteiger partial charge in [-0.25, -0.2) is 4.98 Å². The minimum atomic E-state index is 0.202. The molecule has 144 valence electrons. The first-order chi connectivity index (χ1) is 12.9. The number of benzene rings is 1. The first-order valence-corrected chi connectivity index (χ1v) is 10.3. The zero-order chi connectivity index (χ0) is 19.2. The summed E-state index contributed by atoms with van der Waals surface area (Å²) in [6.45, 7) is 7.16. The number of thiazole rings is 1. The van der Waals surface area contributed by atoms with Crippen LogP contribution in [0.3, 0.4) is 0 Å². The van der Waals surface area contributed by atoms with E-state index in [1.807, 2.05) is 23.6 Å². The van der Waals surface area contributed by atoms with Gasteiger partial charge in [-0.3, -0.25) is 5.43 Å². The van der Waals surface area contributed by atoms with Crippen LogP contribution in [0.2, 0.25) is 0 Å². The molecule has 2 aliphatic carbocycles. The van der Waals surface area contributed by atoms with Gasteiger partial charge in [0.15, 0.2) is 11.5 Å². The maximum Gasteiger partial charge on any atom is 0.203 e. The van der Waals surface area contributed by atoms with Crippen LogP contribution in [0.5, 0.6) is 11.5 Å². The second-order valence-electron chi connectivity index (χ2n) is 8.27. The van der Waals surface area contributed by atoms with Crippen molar-refractivity contribution in [3.8, 4) is 22.8 Å². The molecular formula is C21H27N3O2S. The topological polar surface area (TPSA) is 55.7 Å². The van der Waals surface area contributed by atoms with E-state index in [1.54, 1.807) is 25.6 Å². The van der Waals surface area contributed by atoms with Gasteiger partial charge in [0.1, 0.15) is 0 Å². The second-order valence-corrected chi connectivity index (χ2v) is 9.13. The van der Waals surface area contributed by atoms with Crippen LogP contribution in [0.15, 0.2) is 28.7 Å². The average molecular weight is 386 g/mol. The Bertz CT molecular complexity index is 889. The summed E-state index contributed by atoms with van der Waals surface area (Å²) in [5, 5.41) is 7.64. The first-order valence-electron chi connectivity index (χ1n) is 9.40. The van der Waals surface area contributed by atoms with Gasteiger partial charge in [0.2, 0.25) is 5.13 Å². The number of anilines is 1. The molecule has 2 unspecified atom stereocenters. The molecule has 2 atom stereocenters. The Morgan fingerprint density at radius 2 is 1.96 bits per heavy atom. The Kier molecular flexibility index (Phi) is 4.41. The van der Waals surface area contributed by atoms with E-state index in [-0.39, 0.29) is 5.41 Å². The third-order valence-electron chi connectivity index (χ3n) is 6.98. The standard InChI is InChI=1S/C21H27N3O2S/c1-20(2)14-8-9-21(20,3)18(11-14)23-24-19-22-15(12-27-19)13-6-7-16(25-4)17(10-13)26-5/h6-7,10,12,14H,8-9,11H2,1-5H3,(H,22,24)/b23-18+. The van der Waals surface area contributed by atoms with Crippen molar-refractivity contribution in [1.82, 2.24) is 4.98 Å². The predicted octanol–water partition coefficient (Wildman–Crippen LogP) is 5.44. The molecule has 4 rings (SSSR count). The Hall–Kier alpha value is -2.08. The molecule has 2 fully saturated rings. The zero-order valence-corrected chi connectivity index (χ0v) is 17.4. The highest BCUT2D eigenvalue weighted by Gasteiger charge is 2.59. The molecule has 27 heavy (non-hydrogen) atoms. The zero-order valence-electron chi connectivity index (χ0n) is 16.6.